The number of nitrogens with one attached hydrogen (secondary N) is 1. The molecule has 1 N–H and O–H groups in total. The summed E-state index contributed by atoms with van der Waals surface area (Å²) in [6.07, 6.45) is 2.84. The Kier molecular flexibility index (Phi) is 6.96. The molecule has 1 aromatic rings. The maximum absolute atomic E-state index is 5.60. The van der Waals surface area contributed by atoms with Crippen molar-refractivity contribution in [2.75, 3.05) is 26.3 Å². The fourth-order valence-electron chi connectivity index (χ4n) is 1.69. The third-order valence-corrected chi connectivity index (χ3v) is 2.49. The van der Waals surface area contributed by atoms with E-state index in [0.717, 1.165) is 31.0 Å². The van der Waals surface area contributed by atoms with E-state index in [1.54, 1.807) is 0 Å². The number of rotatable bonds is 9. The second kappa shape index (κ2) is 8.59. The molecule has 0 aromatic heterocycles. The van der Waals surface area contributed by atoms with Crippen molar-refractivity contribution < 1.29 is 9.47 Å². The summed E-state index contributed by atoms with van der Waals surface area (Å²) in [7, 11) is 0. The molecule has 0 aliphatic carbocycles. The molecule has 0 radical (unpaired) electrons. The first-order chi connectivity index (χ1) is 8.81. The summed E-state index contributed by atoms with van der Waals surface area (Å²) in [5.41, 5.74) is 1.25. The minimum Gasteiger partial charge on any atom is -0.490 e. The molecule has 0 bridgehead atoms. The van der Waals surface area contributed by atoms with Crippen LogP contribution in [-0.4, -0.2) is 26.3 Å². The highest BCUT2D eigenvalue weighted by molar-refractivity contribution is 5.43. The van der Waals surface area contributed by atoms with E-state index < -0.39 is 0 Å². The lowest BCUT2D eigenvalue weighted by Gasteiger charge is -2.12. The van der Waals surface area contributed by atoms with Crippen LogP contribution in [0.25, 0.3) is 0 Å². The van der Waals surface area contributed by atoms with Gasteiger partial charge in [-0.25, -0.2) is 0 Å². The number of benzene rings is 1. The van der Waals surface area contributed by atoms with Crippen LogP contribution in [0.3, 0.4) is 0 Å². The topological polar surface area (TPSA) is 30.5 Å². The molecule has 0 saturated heterocycles. The van der Waals surface area contributed by atoms with E-state index in [0.29, 0.717) is 13.2 Å². The molecule has 0 atom stereocenters. The second-order valence-corrected chi connectivity index (χ2v) is 3.89. The second-order valence-electron chi connectivity index (χ2n) is 3.89. The molecule has 1 aromatic carbocycles. The zero-order chi connectivity index (χ0) is 13.2. The van der Waals surface area contributed by atoms with Crippen LogP contribution < -0.4 is 14.8 Å². The highest BCUT2D eigenvalue weighted by atomic mass is 16.5. The van der Waals surface area contributed by atoms with E-state index in [1.165, 1.54) is 5.56 Å². The van der Waals surface area contributed by atoms with Gasteiger partial charge in [0.2, 0.25) is 0 Å². The fraction of sp³-hybridized carbons (Fsp3) is 0.467. The largest absolute Gasteiger partial charge is 0.490 e. The molecule has 3 nitrogen and oxygen atoms in total. The lowest BCUT2D eigenvalue weighted by molar-refractivity contribution is 0.287. The van der Waals surface area contributed by atoms with Gasteiger partial charge >= 0.3 is 0 Å². The standard InChI is InChI=1S/C15H23NO2/c1-4-10-16-11-9-13-7-8-14(17-5-2)15(12-13)18-6-3/h4,7-8,12,16H,1,5-6,9-11H2,2-3H3. The minimum absolute atomic E-state index is 0.651. The quantitative estimate of drug-likeness (QED) is 0.539. The molecule has 0 spiro atoms. The molecule has 0 heterocycles. The maximum atomic E-state index is 5.60. The van der Waals surface area contributed by atoms with Gasteiger partial charge in [-0.2, -0.15) is 0 Å². The van der Waals surface area contributed by atoms with E-state index in [4.69, 9.17) is 9.47 Å². The molecule has 0 fully saturated rings. The average Bonchev–Trinajstić information content (AvgIpc) is 2.38. The number of ether oxygens (including phenoxy) is 2. The van der Waals surface area contributed by atoms with Gasteiger partial charge in [0.25, 0.3) is 0 Å². The molecule has 0 saturated carbocycles. The van der Waals surface area contributed by atoms with Gasteiger partial charge in [-0.3, -0.25) is 0 Å². The van der Waals surface area contributed by atoms with E-state index in [1.807, 2.05) is 26.0 Å². The van der Waals surface area contributed by atoms with E-state index in [9.17, 15) is 0 Å². The maximum Gasteiger partial charge on any atom is 0.161 e. The Hall–Kier alpha value is -1.48. The van der Waals surface area contributed by atoms with E-state index in [2.05, 4.69) is 24.0 Å². The molecule has 0 amide bonds. The highest BCUT2D eigenvalue weighted by Crippen LogP contribution is 2.28. The zero-order valence-electron chi connectivity index (χ0n) is 11.4. The Morgan fingerprint density at radius 3 is 2.56 bits per heavy atom. The van der Waals surface area contributed by atoms with Crippen LogP contribution in [-0.2, 0) is 6.42 Å². The van der Waals surface area contributed by atoms with Crippen LogP contribution in [0.5, 0.6) is 11.5 Å². The van der Waals surface area contributed by atoms with Crippen molar-refractivity contribution in [2.45, 2.75) is 20.3 Å². The summed E-state index contributed by atoms with van der Waals surface area (Å²) in [5, 5.41) is 3.28. The summed E-state index contributed by atoms with van der Waals surface area (Å²) in [6, 6.07) is 6.13. The monoisotopic (exact) mass is 249 g/mol. The third kappa shape index (κ3) is 4.80. The first kappa shape index (κ1) is 14.6. The molecular weight excluding hydrogens is 226 g/mol. The van der Waals surface area contributed by atoms with Crippen molar-refractivity contribution in [1.82, 2.24) is 5.32 Å². The predicted molar refractivity (Wildman–Crippen MR) is 75.6 cm³/mol. The Morgan fingerprint density at radius 1 is 1.17 bits per heavy atom. The average molecular weight is 249 g/mol. The van der Waals surface area contributed by atoms with Crippen LogP contribution in [0.2, 0.25) is 0 Å². The normalized spacial score (nSPS) is 10.1. The summed E-state index contributed by atoms with van der Waals surface area (Å²) in [6.45, 7) is 10.7. The molecule has 100 valence electrons. The SMILES string of the molecule is C=CCNCCc1ccc(OCC)c(OCC)c1. The Morgan fingerprint density at radius 2 is 1.89 bits per heavy atom. The van der Waals surface area contributed by atoms with Gasteiger partial charge < -0.3 is 14.8 Å². The van der Waals surface area contributed by atoms with E-state index in [-0.39, 0.29) is 0 Å². The van der Waals surface area contributed by atoms with Crippen molar-refractivity contribution in [3.63, 3.8) is 0 Å². The zero-order valence-corrected chi connectivity index (χ0v) is 11.4. The van der Waals surface area contributed by atoms with Crippen molar-refractivity contribution in [3.05, 3.63) is 36.4 Å². The fourth-order valence-corrected chi connectivity index (χ4v) is 1.69. The Labute approximate surface area is 110 Å². The Bertz CT molecular complexity index is 364. The van der Waals surface area contributed by atoms with Crippen molar-refractivity contribution >= 4 is 0 Å². The molecule has 0 unspecified atom stereocenters. The predicted octanol–water partition coefficient (Wildman–Crippen LogP) is 2.80. The molecule has 1 rings (SSSR count). The van der Waals surface area contributed by atoms with Gasteiger partial charge in [-0.15, -0.1) is 6.58 Å². The third-order valence-electron chi connectivity index (χ3n) is 2.49. The summed E-state index contributed by atoms with van der Waals surface area (Å²) in [5.74, 6) is 1.66. The van der Waals surface area contributed by atoms with Crippen LogP contribution in [0.15, 0.2) is 30.9 Å². The molecular formula is C15H23NO2. The summed E-state index contributed by atoms with van der Waals surface area (Å²) in [4.78, 5) is 0. The lowest BCUT2D eigenvalue weighted by atomic mass is 10.1. The van der Waals surface area contributed by atoms with Gasteiger partial charge in [0.1, 0.15) is 0 Å². The van der Waals surface area contributed by atoms with Crippen molar-refractivity contribution in [1.29, 1.82) is 0 Å². The van der Waals surface area contributed by atoms with Gasteiger partial charge in [0.05, 0.1) is 13.2 Å². The van der Waals surface area contributed by atoms with Crippen LogP contribution in [0, 0.1) is 0 Å². The van der Waals surface area contributed by atoms with Gasteiger partial charge in [-0.1, -0.05) is 12.1 Å². The smallest absolute Gasteiger partial charge is 0.161 e. The first-order valence-electron chi connectivity index (χ1n) is 6.52. The van der Waals surface area contributed by atoms with Crippen molar-refractivity contribution in [3.8, 4) is 11.5 Å². The van der Waals surface area contributed by atoms with Crippen molar-refractivity contribution in [2.24, 2.45) is 0 Å². The first-order valence-corrected chi connectivity index (χ1v) is 6.52. The van der Waals surface area contributed by atoms with Gasteiger partial charge in [-0.05, 0) is 44.5 Å². The Balaban J connectivity index is 2.63. The summed E-state index contributed by atoms with van der Waals surface area (Å²) >= 11 is 0. The van der Waals surface area contributed by atoms with Crippen LogP contribution in [0.4, 0.5) is 0 Å². The lowest BCUT2D eigenvalue weighted by Crippen LogP contribution is -2.16. The summed E-state index contributed by atoms with van der Waals surface area (Å²) < 4.78 is 11.1. The highest BCUT2D eigenvalue weighted by Gasteiger charge is 2.05. The molecule has 18 heavy (non-hydrogen) atoms. The van der Waals surface area contributed by atoms with Crippen LogP contribution in [0.1, 0.15) is 19.4 Å². The van der Waals surface area contributed by atoms with Gasteiger partial charge in [0.15, 0.2) is 11.5 Å². The number of hydrogen-bond acceptors (Lipinski definition) is 3. The molecule has 3 heteroatoms. The van der Waals surface area contributed by atoms with E-state index >= 15 is 0 Å². The van der Waals surface area contributed by atoms with Gasteiger partial charge in [0, 0.05) is 6.54 Å². The molecule has 0 aliphatic heterocycles. The molecule has 0 aliphatic rings. The number of hydrogen-bond donors (Lipinski definition) is 1. The van der Waals surface area contributed by atoms with Crippen LogP contribution >= 0.6 is 0 Å². The minimum atomic E-state index is 0.651.